The van der Waals surface area contributed by atoms with Crippen molar-refractivity contribution in [3.63, 3.8) is 0 Å². The maximum absolute atomic E-state index is 5.45. The van der Waals surface area contributed by atoms with E-state index in [0.29, 0.717) is 5.82 Å². The average Bonchev–Trinajstić information content (AvgIpc) is 2.58. The minimum absolute atomic E-state index is 0.482. The Hall–Kier alpha value is -1.78. The normalized spacial score (nSPS) is 10.4. The number of hydrogen-bond donors (Lipinski definition) is 2. The molecule has 2 heterocycles. The molecule has 0 saturated carbocycles. The van der Waals surface area contributed by atoms with Crippen LogP contribution in [0, 0.1) is 0 Å². The number of nitrogens with zero attached hydrogens (tertiary/aromatic N) is 3. The van der Waals surface area contributed by atoms with Crippen LogP contribution in [0.2, 0.25) is 0 Å². The van der Waals surface area contributed by atoms with Crippen molar-refractivity contribution in [2.75, 3.05) is 5.73 Å². The van der Waals surface area contributed by atoms with Crippen LogP contribution in [0.25, 0.3) is 11.4 Å². The van der Waals surface area contributed by atoms with E-state index in [1.807, 2.05) is 19.3 Å². The molecule has 0 spiro atoms. The van der Waals surface area contributed by atoms with Crippen molar-refractivity contribution in [1.29, 1.82) is 0 Å². The van der Waals surface area contributed by atoms with E-state index in [4.69, 9.17) is 5.73 Å². The van der Waals surface area contributed by atoms with Gasteiger partial charge in [0.15, 0.2) is 0 Å². The quantitative estimate of drug-likeness (QED) is 0.638. The third-order valence-electron chi connectivity index (χ3n) is 1.59. The van der Waals surface area contributed by atoms with Gasteiger partial charge in [-0.3, -0.25) is 9.78 Å². The molecule has 5 nitrogen and oxygen atoms in total. The second kappa shape index (κ2) is 2.37. The van der Waals surface area contributed by atoms with Gasteiger partial charge in [0.1, 0.15) is 11.5 Å². The summed E-state index contributed by atoms with van der Waals surface area (Å²) in [7, 11) is 1.86. The van der Waals surface area contributed by atoms with Gasteiger partial charge in [-0.15, -0.1) is 0 Å². The van der Waals surface area contributed by atoms with E-state index in [-0.39, 0.29) is 0 Å². The van der Waals surface area contributed by atoms with Crippen LogP contribution >= 0.6 is 0 Å². The fraction of sp³-hybridized carbons (Fsp3) is 0.143. The Balaban J connectivity index is 2.43. The van der Waals surface area contributed by atoms with Gasteiger partial charge < -0.3 is 5.73 Å². The molecule has 0 bridgehead atoms. The molecule has 0 amide bonds. The first-order chi connectivity index (χ1) is 5.75. The van der Waals surface area contributed by atoms with Gasteiger partial charge in [0, 0.05) is 19.3 Å². The highest BCUT2D eigenvalue weighted by atomic mass is 15.3. The number of nitrogens with one attached hydrogen (secondary N) is 1. The lowest BCUT2D eigenvalue weighted by atomic mass is 10.3. The average molecular weight is 163 g/mol. The maximum atomic E-state index is 5.45. The number of aromatic amines is 1. The van der Waals surface area contributed by atoms with Crippen LogP contribution in [0.5, 0.6) is 0 Å². The number of aryl methyl sites for hydroxylation is 1. The second-order valence-electron chi connectivity index (χ2n) is 2.58. The van der Waals surface area contributed by atoms with Crippen LogP contribution in [-0.4, -0.2) is 20.0 Å². The van der Waals surface area contributed by atoms with Crippen molar-refractivity contribution in [2.24, 2.45) is 7.05 Å². The monoisotopic (exact) mass is 163 g/mol. The zero-order valence-electron chi connectivity index (χ0n) is 6.65. The summed E-state index contributed by atoms with van der Waals surface area (Å²) in [6.45, 7) is 0. The molecule has 2 rings (SSSR count). The van der Waals surface area contributed by atoms with Gasteiger partial charge in [-0.25, -0.2) is 0 Å². The fourth-order valence-electron chi connectivity index (χ4n) is 1.03. The van der Waals surface area contributed by atoms with E-state index in [1.165, 1.54) is 0 Å². The van der Waals surface area contributed by atoms with Crippen molar-refractivity contribution < 1.29 is 0 Å². The summed E-state index contributed by atoms with van der Waals surface area (Å²) in [5.41, 5.74) is 7.14. The molecule has 5 heteroatoms. The molecule has 0 fully saturated rings. The number of hydrogen-bond acceptors (Lipinski definition) is 3. The summed E-state index contributed by atoms with van der Waals surface area (Å²) in [6, 6.07) is 3.65. The van der Waals surface area contributed by atoms with Crippen LogP contribution in [0.3, 0.4) is 0 Å². The highest BCUT2D eigenvalue weighted by Crippen LogP contribution is 2.14. The molecule has 0 unspecified atom stereocenters. The molecule has 0 saturated heterocycles. The van der Waals surface area contributed by atoms with E-state index >= 15 is 0 Å². The van der Waals surface area contributed by atoms with Gasteiger partial charge in [-0.2, -0.15) is 10.2 Å². The van der Waals surface area contributed by atoms with E-state index in [9.17, 15) is 0 Å². The topological polar surface area (TPSA) is 72.5 Å². The number of anilines is 1. The molecule has 0 atom stereocenters. The lowest BCUT2D eigenvalue weighted by Crippen LogP contribution is -1.87. The molecule has 0 aliphatic heterocycles. The van der Waals surface area contributed by atoms with Crippen LogP contribution in [-0.2, 0) is 7.05 Å². The second-order valence-corrected chi connectivity index (χ2v) is 2.58. The first kappa shape index (κ1) is 6.90. The Kier molecular flexibility index (Phi) is 1.36. The number of nitrogen functional groups attached to an aromatic ring is 1. The largest absolute Gasteiger partial charge is 0.382 e. The summed E-state index contributed by atoms with van der Waals surface area (Å²) < 4.78 is 1.73. The van der Waals surface area contributed by atoms with Crippen molar-refractivity contribution >= 4 is 5.82 Å². The molecule has 0 aliphatic carbocycles. The molecule has 2 aromatic rings. The maximum Gasteiger partial charge on any atom is 0.145 e. The van der Waals surface area contributed by atoms with Gasteiger partial charge >= 0.3 is 0 Å². The number of nitrogens with two attached hydrogens (primary N) is 1. The van der Waals surface area contributed by atoms with Gasteiger partial charge in [0.2, 0.25) is 0 Å². The molecule has 62 valence electrons. The Morgan fingerprint density at radius 3 is 2.92 bits per heavy atom. The minimum Gasteiger partial charge on any atom is -0.382 e. The summed E-state index contributed by atoms with van der Waals surface area (Å²) in [6.07, 6.45) is 1.87. The zero-order valence-corrected chi connectivity index (χ0v) is 6.65. The first-order valence-corrected chi connectivity index (χ1v) is 3.56. The van der Waals surface area contributed by atoms with Crippen LogP contribution in [0.1, 0.15) is 0 Å². The Morgan fingerprint density at radius 1 is 1.58 bits per heavy atom. The predicted molar refractivity (Wildman–Crippen MR) is 45.2 cm³/mol. The van der Waals surface area contributed by atoms with E-state index in [1.54, 1.807) is 10.7 Å². The van der Waals surface area contributed by atoms with E-state index in [2.05, 4.69) is 15.3 Å². The lowest BCUT2D eigenvalue weighted by molar-refractivity contribution is 0.769. The molecular weight excluding hydrogens is 154 g/mol. The summed E-state index contributed by atoms with van der Waals surface area (Å²) in [4.78, 5) is 0. The van der Waals surface area contributed by atoms with E-state index < -0.39 is 0 Å². The lowest BCUT2D eigenvalue weighted by Gasteiger charge is -1.87. The fourth-order valence-corrected chi connectivity index (χ4v) is 1.03. The number of rotatable bonds is 1. The van der Waals surface area contributed by atoms with Crippen molar-refractivity contribution in [3.05, 3.63) is 18.3 Å². The minimum atomic E-state index is 0.482. The van der Waals surface area contributed by atoms with Crippen molar-refractivity contribution in [3.8, 4) is 11.4 Å². The molecule has 0 aliphatic rings. The third-order valence-corrected chi connectivity index (χ3v) is 1.59. The van der Waals surface area contributed by atoms with Gasteiger partial charge in [0.25, 0.3) is 0 Å². The van der Waals surface area contributed by atoms with Crippen molar-refractivity contribution in [1.82, 2.24) is 20.0 Å². The summed E-state index contributed by atoms with van der Waals surface area (Å²) in [5, 5.41) is 10.8. The van der Waals surface area contributed by atoms with Crippen LogP contribution < -0.4 is 5.73 Å². The SMILES string of the molecule is Cn1ccc(-c2cc(N)n[nH]2)n1. The Labute approximate surface area is 69.2 Å². The van der Waals surface area contributed by atoms with Crippen molar-refractivity contribution in [2.45, 2.75) is 0 Å². The Morgan fingerprint density at radius 2 is 2.42 bits per heavy atom. The van der Waals surface area contributed by atoms with Gasteiger partial charge in [-0.1, -0.05) is 0 Å². The first-order valence-electron chi connectivity index (χ1n) is 3.56. The predicted octanol–water partition coefficient (Wildman–Crippen LogP) is 0.392. The van der Waals surface area contributed by atoms with E-state index in [0.717, 1.165) is 11.4 Å². The summed E-state index contributed by atoms with van der Waals surface area (Å²) >= 11 is 0. The van der Waals surface area contributed by atoms with Crippen LogP contribution in [0.4, 0.5) is 5.82 Å². The molecular formula is C7H9N5. The highest BCUT2D eigenvalue weighted by molar-refractivity contribution is 5.56. The highest BCUT2D eigenvalue weighted by Gasteiger charge is 2.02. The molecule has 0 radical (unpaired) electrons. The van der Waals surface area contributed by atoms with Gasteiger partial charge in [0.05, 0.1) is 5.69 Å². The third kappa shape index (κ3) is 1.05. The summed E-state index contributed by atoms with van der Waals surface area (Å²) in [5.74, 6) is 0.482. The zero-order chi connectivity index (χ0) is 8.55. The molecule has 12 heavy (non-hydrogen) atoms. The van der Waals surface area contributed by atoms with Gasteiger partial charge in [-0.05, 0) is 6.07 Å². The molecule has 3 N–H and O–H groups in total. The smallest absolute Gasteiger partial charge is 0.145 e. The number of H-pyrrole nitrogens is 1. The molecule has 2 aromatic heterocycles. The number of aromatic nitrogens is 4. The molecule has 0 aromatic carbocycles. The standard InChI is InChI=1S/C7H9N5/c1-12-3-2-5(11-12)6-4-7(8)10-9-6/h2-4H,1H3,(H3,8,9,10). The Bertz CT molecular complexity index is 348. The van der Waals surface area contributed by atoms with Crippen LogP contribution in [0.15, 0.2) is 18.3 Å².